The Kier molecular flexibility index (Phi) is 4.05. The van der Waals surface area contributed by atoms with Crippen molar-refractivity contribution in [1.29, 1.82) is 0 Å². The van der Waals surface area contributed by atoms with E-state index in [0.29, 0.717) is 0 Å². The number of amides is 2. The molecule has 1 aliphatic rings. The van der Waals surface area contributed by atoms with Gasteiger partial charge in [-0.15, -0.1) is 0 Å². The van der Waals surface area contributed by atoms with Crippen LogP contribution in [0.25, 0.3) is 0 Å². The van der Waals surface area contributed by atoms with Crippen molar-refractivity contribution in [1.82, 2.24) is 10.2 Å². The molecule has 0 aromatic rings. The van der Waals surface area contributed by atoms with Gasteiger partial charge in [-0.05, 0) is 6.92 Å². The van der Waals surface area contributed by atoms with E-state index in [1.807, 2.05) is 0 Å². The molecule has 1 rings (SSSR count). The van der Waals surface area contributed by atoms with Crippen molar-refractivity contribution < 1.29 is 32.6 Å². The molecular formula is C9H13F3N2O4. The quantitative estimate of drug-likeness (QED) is 0.776. The maximum absolute atomic E-state index is 11.8. The van der Waals surface area contributed by atoms with Gasteiger partial charge >= 0.3 is 18.2 Å². The third-order valence-electron chi connectivity index (χ3n) is 2.32. The Morgan fingerprint density at radius 2 is 2.00 bits per heavy atom. The molecule has 0 radical (unpaired) electrons. The lowest BCUT2D eigenvalue weighted by Crippen LogP contribution is -2.65. The van der Waals surface area contributed by atoms with Crippen molar-refractivity contribution in [3.8, 4) is 0 Å². The van der Waals surface area contributed by atoms with Crippen LogP contribution in [0.15, 0.2) is 0 Å². The molecule has 18 heavy (non-hydrogen) atoms. The molecule has 0 saturated carbocycles. The van der Waals surface area contributed by atoms with Crippen LogP contribution in [0.4, 0.5) is 18.0 Å². The minimum atomic E-state index is -4.45. The van der Waals surface area contributed by atoms with Crippen molar-refractivity contribution in [2.45, 2.75) is 18.7 Å². The predicted molar refractivity (Wildman–Crippen MR) is 53.0 cm³/mol. The highest BCUT2D eigenvalue weighted by Gasteiger charge is 2.43. The number of nitrogens with one attached hydrogen (secondary N) is 1. The molecule has 0 atom stereocenters. The van der Waals surface area contributed by atoms with Crippen LogP contribution < -0.4 is 5.32 Å². The number of carbonyl (C=O) groups excluding carboxylic acids is 1. The van der Waals surface area contributed by atoms with Gasteiger partial charge in [0.2, 0.25) is 0 Å². The molecule has 1 aliphatic heterocycles. The van der Waals surface area contributed by atoms with Crippen LogP contribution in [0, 0.1) is 0 Å². The summed E-state index contributed by atoms with van der Waals surface area (Å²) in [6.45, 7) is -0.193. The Labute approximate surface area is 101 Å². The molecule has 6 nitrogen and oxygen atoms in total. The van der Waals surface area contributed by atoms with Gasteiger partial charge in [-0.3, -0.25) is 0 Å². The van der Waals surface area contributed by atoms with Crippen LogP contribution in [0.1, 0.15) is 6.92 Å². The highest BCUT2D eigenvalue weighted by atomic mass is 19.4. The maximum Gasteiger partial charge on any atom is 0.405 e. The zero-order valence-electron chi connectivity index (χ0n) is 9.58. The fourth-order valence-corrected chi connectivity index (χ4v) is 1.52. The Morgan fingerprint density at radius 3 is 2.44 bits per heavy atom. The monoisotopic (exact) mass is 270 g/mol. The first-order chi connectivity index (χ1) is 8.11. The van der Waals surface area contributed by atoms with Crippen LogP contribution in [0.2, 0.25) is 0 Å². The SMILES string of the molecule is CC1(OCC(=O)O)CN(C(=O)NCC(F)(F)F)C1. The minimum absolute atomic E-state index is 0.0595. The fourth-order valence-electron chi connectivity index (χ4n) is 1.52. The number of ether oxygens (including phenoxy) is 1. The van der Waals surface area contributed by atoms with Crippen molar-refractivity contribution >= 4 is 12.0 Å². The van der Waals surface area contributed by atoms with Gasteiger partial charge in [-0.25, -0.2) is 9.59 Å². The summed E-state index contributed by atoms with van der Waals surface area (Å²) in [6.07, 6.45) is -4.45. The highest BCUT2D eigenvalue weighted by Crippen LogP contribution is 2.24. The summed E-state index contributed by atoms with van der Waals surface area (Å²) in [7, 11) is 0. The largest absolute Gasteiger partial charge is 0.480 e. The summed E-state index contributed by atoms with van der Waals surface area (Å²) in [5, 5.41) is 10.1. The number of hydrogen-bond acceptors (Lipinski definition) is 3. The van der Waals surface area contributed by atoms with Gasteiger partial charge in [0.15, 0.2) is 0 Å². The molecule has 1 heterocycles. The van der Waals surface area contributed by atoms with Gasteiger partial charge in [0.05, 0.1) is 13.1 Å². The second-order valence-corrected chi connectivity index (χ2v) is 4.26. The van der Waals surface area contributed by atoms with Crippen molar-refractivity contribution in [3.05, 3.63) is 0 Å². The first-order valence-electron chi connectivity index (χ1n) is 5.07. The molecule has 0 spiro atoms. The summed E-state index contributed by atoms with van der Waals surface area (Å²) in [5.41, 5.74) is -0.812. The zero-order valence-corrected chi connectivity index (χ0v) is 9.58. The van der Waals surface area contributed by atoms with Crippen LogP contribution in [-0.4, -0.2) is 60.0 Å². The number of nitrogens with zero attached hydrogens (tertiary/aromatic N) is 1. The van der Waals surface area contributed by atoms with Gasteiger partial charge in [-0.2, -0.15) is 13.2 Å². The van der Waals surface area contributed by atoms with Crippen LogP contribution in [0.5, 0.6) is 0 Å². The maximum atomic E-state index is 11.8. The third-order valence-corrected chi connectivity index (χ3v) is 2.32. The summed E-state index contributed by atoms with van der Waals surface area (Å²) in [5.74, 6) is -1.14. The first kappa shape index (κ1) is 14.6. The summed E-state index contributed by atoms with van der Waals surface area (Å²) >= 11 is 0. The van der Waals surface area contributed by atoms with E-state index in [1.54, 1.807) is 12.2 Å². The lowest BCUT2D eigenvalue weighted by Gasteiger charge is -2.46. The van der Waals surface area contributed by atoms with E-state index < -0.39 is 36.9 Å². The Balaban J connectivity index is 2.28. The van der Waals surface area contributed by atoms with Gasteiger partial charge in [0.25, 0.3) is 0 Å². The van der Waals surface area contributed by atoms with Gasteiger partial charge in [0, 0.05) is 0 Å². The number of carboxylic acids is 1. The number of rotatable bonds is 4. The standard InChI is InChI=1S/C9H13F3N2O4/c1-8(18-2-6(15)16)4-14(5-8)7(17)13-3-9(10,11)12/h2-5H2,1H3,(H,13,17)(H,15,16). The minimum Gasteiger partial charge on any atom is -0.480 e. The van der Waals surface area contributed by atoms with E-state index in [2.05, 4.69) is 0 Å². The van der Waals surface area contributed by atoms with Gasteiger partial charge in [-0.1, -0.05) is 0 Å². The van der Waals surface area contributed by atoms with E-state index in [1.165, 1.54) is 0 Å². The molecule has 9 heteroatoms. The van der Waals surface area contributed by atoms with E-state index >= 15 is 0 Å². The molecular weight excluding hydrogens is 257 g/mol. The zero-order chi connectivity index (χ0) is 14.0. The van der Waals surface area contributed by atoms with E-state index in [0.717, 1.165) is 4.90 Å². The van der Waals surface area contributed by atoms with Crippen molar-refractivity contribution in [2.75, 3.05) is 26.2 Å². The summed E-state index contributed by atoms with van der Waals surface area (Å²) in [6, 6.07) is -0.844. The molecule has 2 N–H and O–H groups in total. The fraction of sp³-hybridized carbons (Fsp3) is 0.778. The lowest BCUT2D eigenvalue weighted by molar-refractivity contribution is -0.160. The smallest absolute Gasteiger partial charge is 0.405 e. The number of likely N-dealkylation sites (tertiary alicyclic amines) is 1. The molecule has 2 amide bonds. The second-order valence-electron chi connectivity index (χ2n) is 4.26. The Morgan fingerprint density at radius 1 is 1.44 bits per heavy atom. The molecule has 0 aromatic carbocycles. The van der Waals surface area contributed by atoms with E-state index in [4.69, 9.17) is 9.84 Å². The van der Waals surface area contributed by atoms with Gasteiger partial charge in [0.1, 0.15) is 18.8 Å². The molecule has 0 unspecified atom stereocenters. The van der Waals surface area contributed by atoms with E-state index in [-0.39, 0.29) is 13.1 Å². The second kappa shape index (κ2) is 5.01. The summed E-state index contributed by atoms with van der Waals surface area (Å²) < 4.78 is 40.5. The van der Waals surface area contributed by atoms with Crippen molar-refractivity contribution in [2.24, 2.45) is 0 Å². The molecule has 104 valence electrons. The molecule has 1 saturated heterocycles. The number of halogens is 3. The van der Waals surface area contributed by atoms with Crippen molar-refractivity contribution in [3.63, 3.8) is 0 Å². The molecule has 0 bridgehead atoms. The number of urea groups is 1. The Hall–Kier alpha value is -1.51. The number of alkyl halides is 3. The number of aliphatic carboxylic acids is 1. The van der Waals surface area contributed by atoms with Crippen LogP contribution >= 0.6 is 0 Å². The average Bonchev–Trinajstić information content (AvgIpc) is 2.18. The van der Waals surface area contributed by atoms with Crippen LogP contribution in [0.3, 0.4) is 0 Å². The molecule has 0 aliphatic carbocycles. The number of carbonyl (C=O) groups is 2. The summed E-state index contributed by atoms with van der Waals surface area (Å²) in [4.78, 5) is 22.6. The number of carboxylic acid groups (broad SMARTS) is 1. The first-order valence-corrected chi connectivity index (χ1v) is 5.07. The normalized spacial score (nSPS) is 18.1. The molecule has 1 fully saturated rings. The number of hydrogen-bond donors (Lipinski definition) is 2. The average molecular weight is 270 g/mol. The topological polar surface area (TPSA) is 78.9 Å². The molecule has 0 aromatic heterocycles. The third kappa shape index (κ3) is 4.40. The van der Waals surface area contributed by atoms with Gasteiger partial charge < -0.3 is 20.1 Å². The van der Waals surface area contributed by atoms with E-state index in [9.17, 15) is 22.8 Å². The predicted octanol–water partition coefficient (Wildman–Crippen LogP) is 0.434. The van der Waals surface area contributed by atoms with Crippen LogP contribution in [-0.2, 0) is 9.53 Å². The highest BCUT2D eigenvalue weighted by molar-refractivity contribution is 5.75. The lowest BCUT2D eigenvalue weighted by atomic mass is 9.97. The Bertz CT molecular complexity index is 339.